The lowest BCUT2D eigenvalue weighted by Crippen LogP contribution is -2.47. The molecule has 1 atom stereocenters. The van der Waals surface area contributed by atoms with Crippen molar-refractivity contribution in [2.24, 2.45) is 0 Å². The van der Waals surface area contributed by atoms with Crippen LogP contribution in [0.3, 0.4) is 0 Å². The maximum atomic E-state index is 12.6. The SMILES string of the molecule is CC1(C(=O)Nc2ccc(-c3ccnc(Nc4ccc(N5CCOCC5)cc4)n3)cc2)CCCN1. The van der Waals surface area contributed by atoms with Gasteiger partial charge in [-0.3, -0.25) is 4.79 Å². The predicted octanol–water partition coefficient (Wildman–Crippen LogP) is 3.80. The first-order chi connectivity index (χ1) is 16.6. The number of carbonyl (C=O) groups excluding carboxylic acids is 1. The van der Waals surface area contributed by atoms with Crippen molar-refractivity contribution in [1.29, 1.82) is 0 Å². The molecular formula is C26H30N6O2. The molecule has 34 heavy (non-hydrogen) atoms. The van der Waals surface area contributed by atoms with Gasteiger partial charge in [0.15, 0.2) is 0 Å². The number of anilines is 4. The standard InChI is InChI=1S/C26H30N6O2/c1-26(12-2-13-28-26)24(33)29-20-5-3-19(4-6-20)23-11-14-27-25(31-23)30-21-7-9-22(10-8-21)32-15-17-34-18-16-32/h3-11,14,28H,2,12-13,15-18H2,1H3,(H,29,33)(H,27,30,31). The van der Waals surface area contributed by atoms with Crippen molar-refractivity contribution in [3.05, 3.63) is 60.8 Å². The van der Waals surface area contributed by atoms with Crippen molar-refractivity contribution in [2.45, 2.75) is 25.3 Å². The van der Waals surface area contributed by atoms with Gasteiger partial charge in [0.1, 0.15) is 0 Å². The molecule has 2 aliphatic heterocycles. The summed E-state index contributed by atoms with van der Waals surface area (Å²) >= 11 is 0. The van der Waals surface area contributed by atoms with Crippen molar-refractivity contribution in [1.82, 2.24) is 15.3 Å². The van der Waals surface area contributed by atoms with Gasteiger partial charge in [0.05, 0.1) is 24.4 Å². The molecule has 3 aromatic rings. The smallest absolute Gasteiger partial charge is 0.244 e. The summed E-state index contributed by atoms with van der Waals surface area (Å²) in [6.45, 7) is 6.20. The Balaban J connectivity index is 1.23. The highest BCUT2D eigenvalue weighted by molar-refractivity contribution is 5.98. The van der Waals surface area contributed by atoms with Gasteiger partial charge >= 0.3 is 0 Å². The number of benzene rings is 2. The second kappa shape index (κ2) is 9.79. The van der Waals surface area contributed by atoms with Crippen LogP contribution in [0.2, 0.25) is 0 Å². The summed E-state index contributed by atoms with van der Waals surface area (Å²) in [5.41, 5.74) is 4.17. The van der Waals surface area contributed by atoms with Crippen LogP contribution in [-0.4, -0.2) is 54.3 Å². The average Bonchev–Trinajstić information content (AvgIpc) is 3.33. The summed E-state index contributed by atoms with van der Waals surface area (Å²) in [4.78, 5) is 24.0. The molecule has 1 amide bonds. The number of nitrogens with one attached hydrogen (secondary N) is 3. The molecule has 176 valence electrons. The third-order valence-electron chi connectivity index (χ3n) is 6.46. The van der Waals surface area contributed by atoms with E-state index in [1.807, 2.05) is 49.4 Å². The highest BCUT2D eigenvalue weighted by Crippen LogP contribution is 2.25. The summed E-state index contributed by atoms with van der Waals surface area (Å²) in [7, 11) is 0. The molecule has 2 saturated heterocycles. The Kier molecular flexibility index (Phi) is 6.42. The zero-order valence-corrected chi connectivity index (χ0v) is 19.4. The summed E-state index contributed by atoms with van der Waals surface area (Å²) in [6.07, 6.45) is 3.61. The van der Waals surface area contributed by atoms with E-state index in [1.54, 1.807) is 6.20 Å². The first-order valence-corrected chi connectivity index (χ1v) is 11.8. The molecule has 2 aromatic carbocycles. The normalized spacial score (nSPS) is 20.2. The summed E-state index contributed by atoms with van der Waals surface area (Å²) < 4.78 is 5.43. The van der Waals surface area contributed by atoms with E-state index in [2.05, 4.69) is 43.0 Å². The average molecular weight is 459 g/mol. The number of amides is 1. The minimum Gasteiger partial charge on any atom is -0.378 e. The van der Waals surface area contributed by atoms with Gasteiger partial charge in [0.25, 0.3) is 0 Å². The van der Waals surface area contributed by atoms with Crippen molar-refractivity contribution in [2.75, 3.05) is 48.4 Å². The van der Waals surface area contributed by atoms with E-state index in [-0.39, 0.29) is 5.91 Å². The molecule has 1 aromatic heterocycles. The zero-order chi connectivity index (χ0) is 23.4. The number of carbonyl (C=O) groups is 1. The Morgan fingerprint density at radius 1 is 1.03 bits per heavy atom. The number of ether oxygens (including phenoxy) is 1. The molecule has 8 heteroatoms. The van der Waals surface area contributed by atoms with Crippen molar-refractivity contribution in [3.8, 4) is 11.3 Å². The molecule has 0 spiro atoms. The van der Waals surface area contributed by atoms with Crippen LogP contribution in [0.15, 0.2) is 60.8 Å². The number of nitrogens with zero attached hydrogens (tertiary/aromatic N) is 3. The van der Waals surface area contributed by atoms with E-state index >= 15 is 0 Å². The molecule has 1 unspecified atom stereocenters. The van der Waals surface area contributed by atoms with Crippen LogP contribution in [0, 0.1) is 0 Å². The minimum atomic E-state index is -0.494. The molecule has 2 fully saturated rings. The molecule has 8 nitrogen and oxygen atoms in total. The van der Waals surface area contributed by atoms with E-state index in [1.165, 1.54) is 5.69 Å². The molecule has 0 aliphatic carbocycles. The van der Waals surface area contributed by atoms with E-state index in [0.717, 1.165) is 68.3 Å². The number of hydrogen-bond acceptors (Lipinski definition) is 7. The Morgan fingerprint density at radius 2 is 1.76 bits per heavy atom. The van der Waals surface area contributed by atoms with Crippen LogP contribution in [0.4, 0.5) is 23.0 Å². The fourth-order valence-corrected chi connectivity index (χ4v) is 4.37. The van der Waals surface area contributed by atoms with Gasteiger partial charge in [-0.1, -0.05) is 12.1 Å². The van der Waals surface area contributed by atoms with Crippen LogP contribution in [0.25, 0.3) is 11.3 Å². The monoisotopic (exact) mass is 458 g/mol. The molecule has 5 rings (SSSR count). The van der Waals surface area contributed by atoms with Gasteiger partial charge in [0, 0.05) is 41.9 Å². The predicted molar refractivity (Wildman–Crippen MR) is 134 cm³/mol. The molecule has 0 radical (unpaired) electrons. The van der Waals surface area contributed by atoms with Crippen LogP contribution in [-0.2, 0) is 9.53 Å². The van der Waals surface area contributed by atoms with Crippen molar-refractivity contribution >= 4 is 28.9 Å². The highest BCUT2D eigenvalue weighted by Gasteiger charge is 2.35. The summed E-state index contributed by atoms with van der Waals surface area (Å²) in [5.74, 6) is 0.542. The highest BCUT2D eigenvalue weighted by atomic mass is 16.5. The Labute approximate surface area is 199 Å². The van der Waals surface area contributed by atoms with Gasteiger partial charge in [-0.2, -0.15) is 0 Å². The molecule has 3 heterocycles. The first-order valence-electron chi connectivity index (χ1n) is 11.8. The Bertz CT molecular complexity index is 1120. The van der Waals surface area contributed by atoms with Crippen molar-refractivity contribution < 1.29 is 9.53 Å². The number of morpholine rings is 1. The zero-order valence-electron chi connectivity index (χ0n) is 19.4. The lowest BCUT2D eigenvalue weighted by molar-refractivity contribution is -0.121. The van der Waals surface area contributed by atoms with Crippen LogP contribution < -0.4 is 20.9 Å². The molecule has 3 N–H and O–H groups in total. The molecule has 2 aliphatic rings. The second-order valence-corrected chi connectivity index (χ2v) is 8.93. The van der Waals surface area contributed by atoms with Crippen LogP contribution in [0.5, 0.6) is 0 Å². The van der Waals surface area contributed by atoms with Gasteiger partial charge in [-0.05, 0) is 68.8 Å². The third kappa shape index (κ3) is 5.03. The Hall–Kier alpha value is -3.49. The number of rotatable bonds is 6. The molecule has 0 bridgehead atoms. The number of aromatic nitrogens is 2. The second-order valence-electron chi connectivity index (χ2n) is 8.93. The van der Waals surface area contributed by atoms with E-state index < -0.39 is 5.54 Å². The fourth-order valence-electron chi connectivity index (χ4n) is 4.37. The summed E-state index contributed by atoms with van der Waals surface area (Å²) in [6, 6.07) is 17.9. The minimum absolute atomic E-state index is 0.00547. The fraction of sp³-hybridized carbons (Fsp3) is 0.346. The quantitative estimate of drug-likeness (QED) is 0.517. The maximum Gasteiger partial charge on any atom is 0.244 e. The third-order valence-corrected chi connectivity index (χ3v) is 6.46. The lowest BCUT2D eigenvalue weighted by Gasteiger charge is -2.28. The van der Waals surface area contributed by atoms with E-state index in [0.29, 0.717) is 5.95 Å². The van der Waals surface area contributed by atoms with Gasteiger partial charge in [-0.25, -0.2) is 9.97 Å². The van der Waals surface area contributed by atoms with E-state index in [4.69, 9.17) is 4.74 Å². The van der Waals surface area contributed by atoms with Gasteiger partial charge in [0.2, 0.25) is 11.9 Å². The van der Waals surface area contributed by atoms with Crippen LogP contribution >= 0.6 is 0 Å². The largest absolute Gasteiger partial charge is 0.378 e. The molecule has 0 saturated carbocycles. The first kappa shape index (κ1) is 22.3. The molecular weight excluding hydrogens is 428 g/mol. The Morgan fingerprint density at radius 3 is 2.47 bits per heavy atom. The van der Waals surface area contributed by atoms with Crippen molar-refractivity contribution in [3.63, 3.8) is 0 Å². The maximum absolute atomic E-state index is 12.6. The van der Waals surface area contributed by atoms with E-state index in [9.17, 15) is 4.79 Å². The van der Waals surface area contributed by atoms with Gasteiger partial charge < -0.3 is 25.6 Å². The lowest BCUT2D eigenvalue weighted by atomic mass is 9.99. The topological polar surface area (TPSA) is 91.4 Å². The number of hydrogen-bond donors (Lipinski definition) is 3. The van der Waals surface area contributed by atoms with Gasteiger partial charge in [-0.15, -0.1) is 0 Å². The van der Waals surface area contributed by atoms with Crippen LogP contribution in [0.1, 0.15) is 19.8 Å². The summed E-state index contributed by atoms with van der Waals surface area (Å²) in [5, 5.41) is 9.60.